The smallest absolute Gasteiger partial charge is 0.141 e. The first kappa shape index (κ1) is 13.4. The van der Waals surface area contributed by atoms with Crippen molar-refractivity contribution >= 4 is 37.5 Å². The Kier molecular flexibility index (Phi) is 3.97. The first-order valence-corrected chi connectivity index (χ1v) is 7.05. The summed E-state index contributed by atoms with van der Waals surface area (Å²) in [6, 6.07) is 9.50. The Hall–Kier alpha value is -1.000. The number of nitrogens with two attached hydrogens (primary N) is 1. The second-order valence-electron chi connectivity index (χ2n) is 4.16. The Balaban J connectivity index is 2.34. The summed E-state index contributed by atoms with van der Waals surface area (Å²) in [4.78, 5) is 0. The molecule has 2 aromatic rings. The molecule has 2 rings (SSSR count). The molecule has 0 bridgehead atoms. The van der Waals surface area contributed by atoms with Crippen LogP contribution in [0.2, 0.25) is 0 Å². The summed E-state index contributed by atoms with van der Waals surface area (Å²) in [7, 11) is 0. The average Bonchev–Trinajstić information content (AvgIpc) is 2.29. The zero-order chi connectivity index (χ0) is 13.3. The number of nitrogen functional groups attached to an aromatic ring is 1. The molecule has 0 unspecified atom stereocenters. The molecule has 94 valence electrons. The van der Waals surface area contributed by atoms with Gasteiger partial charge in [-0.2, -0.15) is 0 Å². The summed E-state index contributed by atoms with van der Waals surface area (Å²) in [6.45, 7) is 4.09. The highest BCUT2D eigenvalue weighted by Crippen LogP contribution is 2.33. The third-order valence-electron chi connectivity index (χ3n) is 2.59. The van der Waals surface area contributed by atoms with Gasteiger partial charge in [0, 0.05) is 10.2 Å². The predicted octanol–water partition coefficient (Wildman–Crippen LogP) is 5.20. The summed E-state index contributed by atoms with van der Waals surface area (Å²) in [5.41, 5.74) is 8.70. The number of hydrogen-bond donors (Lipinski definition) is 1. The molecule has 2 aromatic carbocycles. The lowest BCUT2D eigenvalue weighted by molar-refractivity contribution is 0.479. The van der Waals surface area contributed by atoms with Crippen LogP contribution < -0.4 is 10.5 Å². The highest BCUT2D eigenvalue weighted by atomic mass is 79.9. The Labute approximate surface area is 123 Å². The number of benzene rings is 2. The fourth-order valence-electron chi connectivity index (χ4n) is 1.69. The Morgan fingerprint density at radius 1 is 1.00 bits per heavy atom. The monoisotopic (exact) mass is 369 g/mol. The number of rotatable bonds is 2. The van der Waals surface area contributed by atoms with Crippen molar-refractivity contribution in [3.63, 3.8) is 0 Å². The number of aryl methyl sites for hydroxylation is 2. The van der Waals surface area contributed by atoms with Crippen LogP contribution in [0, 0.1) is 13.8 Å². The molecular formula is C14H13Br2NO. The Bertz CT molecular complexity index is 573. The summed E-state index contributed by atoms with van der Waals surface area (Å²) in [6.07, 6.45) is 0. The van der Waals surface area contributed by atoms with Crippen LogP contribution in [0.25, 0.3) is 0 Å². The van der Waals surface area contributed by atoms with Gasteiger partial charge in [-0.05, 0) is 71.2 Å². The van der Waals surface area contributed by atoms with Gasteiger partial charge in [-0.1, -0.05) is 15.9 Å². The van der Waals surface area contributed by atoms with Gasteiger partial charge in [-0.25, -0.2) is 0 Å². The van der Waals surface area contributed by atoms with E-state index < -0.39 is 0 Å². The molecule has 0 aliphatic rings. The zero-order valence-corrected chi connectivity index (χ0v) is 13.3. The highest BCUT2D eigenvalue weighted by molar-refractivity contribution is 9.10. The van der Waals surface area contributed by atoms with Gasteiger partial charge >= 0.3 is 0 Å². The van der Waals surface area contributed by atoms with Gasteiger partial charge < -0.3 is 10.5 Å². The predicted molar refractivity (Wildman–Crippen MR) is 82.2 cm³/mol. The van der Waals surface area contributed by atoms with Crippen molar-refractivity contribution in [3.8, 4) is 11.5 Å². The first-order chi connectivity index (χ1) is 8.47. The average molecular weight is 371 g/mol. The molecule has 0 aliphatic carbocycles. The molecule has 2 N–H and O–H groups in total. The molecule has 0 amide bonds. The van der Waals surface area contributed by atoms with Crippen molar-refractivity contribution < 1.29 is 4.74 Å². The summed E-state index contributed by atoms with van der Waals surface area (Å²) >= 11 is 6.98. The SMILES string of the molecule is Cc1cc(Oc2ccc(N)cc2Br)cc(C)c1Br. The number of halogens is 2. The number of hydrogen-bond acceptors (Lipinski definition) is 2. The second-order valence-corrected chi connectivity index (χ2v) is 5.81. The van der Waals surface area contributed by atoms with Crippen molar-refractivity contribution in [3.05, 3.63) is 50.4 Å². The standard InChI is InChI=1S/C14H13Br2NO/c1-8-5-11(6-9(2)14(8)16)18-13-4-3-10(17)7-12(13)15/h3-7H,17H2,1-2H3. The van der Waals surface area contributed by atoms with E-state index in [0.717, 1.165) is 31.6 Å². The quantitative estimate of drug-likeness (QED) is 0.737. The van der Waals surface area contributed by atoms with Gasteiger partial charge in [-0.3, -0.25) is 0 Å². The van der Waals surface area contributed by atoms with Gasteiger partial charge in [0.15, 0.2) is 0 Å². The van der Waals surface area contributed by atoms with Crippen LogP contribution in [0.4, 0.5) is 5.69 Å². The van der Waals surface area contributed by atoms with Crippen LogP contribution in [0.15, 0.2) is 39.3 Å². The number of ether oxygens (including phenoxy) is 1. The van der Waals surface area contributed by atoms with E-state index in [0.29, 0.717) is 5.69 Å². The number of anilines is 1. The molecule has 0 atom stereocenters. The molecule has 0 saturated heterocycles. The van der Waals surface area contributed by atoms with Crippen LogP contribution in [-0.4, -0.2) is 0 Å². The summed E-state index contributed by atoms with van der Waals surface area (Å²) in [5.74, 6) is 1.57. The molecular weight excluding hydrogens is 358 g/mol. The summed E-state index contributed by atoms with van der Waals surface area (Å²) in [5, 5.41) is 0. The van der Waals surface area contributed by atoms with Crippen LogP contribution in [0.5, 0.6) is 11.5 Å². The maximum absolute atomic E-state index is 5.86. The zero-order valence-electron chi connectivity index (χ0n) is 10.1. The third-order valence-corrected chi connectivity index (χ3v) is 4.46. The minimum absolute atomic E-state index is 0.706. The molecule has 0 aromatic heterocycles. The topological polar surface area (TPSA) is 35.2 Å². The van der Waals surface area contributed by atoms with Crippen molar-refractivity contribution in [2.45, 2.75) is 13.8 Å². The molecule has 2 nitrogen and oxygen atoms in total. The van der Waals surface area contributed by atoms with E-state index in [1.54, 1.807) is 0 Å². The fourth-order valence-corrected chi connectivity index (χ4v) is 2.40. The van der Waals surface area contributed by atoms with E-state index in [9.17, 15) is 0 Å². The van der Waals surface area contributed by atoms with Gasteiger partial charge in [0.1, 0.15) is 11.5 Å². The fraction of sp³-hybridized carbons (Fsp3) is 0.143. The van der Waals surface area contributed by atoms with Crippen molar-refractivity contribution in [1.82, 2.24) is 0 Å². The third kappa shape index (κ3) is 2.87. The minimum Gasteiger partial charge on any atom is -0.456 e. The van der Waals surface area contributed by atoms with E-state index in [4.69, 9.17) is 10.5 Å². The van der Waals surface area contributed by atoms with Gasteiger partial charge in [0.25, 0.3) is 0 Å². The van der Waals surface area contributed by atoms with Gasteiger partial charge in [0.2, 0.25) is 0 Å². The summed E-state index contributed by atoms with van der Waals surface area (Å²) < 4.78 is 7.82. The molecule has 0 heterocycles. The minimum atomic E-state index is 0.706. The van der Waals surface area contributed by atoms with E-state index in [-0.39, 0.29) is 0 Å². The van der Waals surface area contributed by atoms with Gasteiger partial charge in [-0.15, -0.1) is 0 Å². The Morgan fingerprint density at radius 2 is 1.61 bits per heavy atom. The van der Waals surface area contributed by atoms with E-state index >= 15 is 0 Å². The maximum atomic E-state index is 5.86. The lowest BCUT2D eigenvalue weighted by Gasteiger charge is -2.11. The van der Waals surface area contributed by atoms with Crippen molar-refractivity contribution in [2.75, 3.05) is 5.73 Å². The van der Waals surface area contributed by atoms with Crippen LogP contribution in [0.3, 0.4) is 0 Å². The van der Waals surface area contributed by atoms with Crippen molar-refractivity contribution in [1.29, 1.82) is 0 Å². The molecule has 0 radical (unpaired) electrons. The molecule has 18 heavy (non-hydrogen) atoms. The van der Waals surface area contributed by atoms with Crippen LogP contribution in [0.1, 0.15) is 11.1 Å². The largest absolute Gasteiger partial charge is 0.456 e. The second kappa shape index (κ2) is 5.33. The molecule has 0 saturated carbocycles. The van der Waals surface area contributed by atoms with E-state index in [1.807, 2.05) is 44.2 Å². The molecule has 0 aliphatic heterocycles. The van der Waals surface area contributed by atoms with Crippen LogP contribution in [-0.2, 0) is 0 Å². The van der Waals surface area contributed by atoms with Crippen molar-refractivity contribution in [2.24, 2.45) is 0 Å². The normalized spacial score (nSPS) is 10.4. The van der Waals surface area contributed by atoms with E-state index in [2.05, 4.69) is 31.9 Å². The molecule has 4 heteroatoms. The van der Waals surface area contributed by atoms with E-state index in [1.165, 1.54) is 0 Å². The maximum Gasteiger partial charge on any atom is 0.141 e. The van der Waals surface area contributed by atoms with Crippen LogP contribution >= 0.6 is 31.9 Å². The lowest BCUT2D eigenvalue weighted by atomic mass is 10.1. The molecule has 0 fully saturated rings. The first-order valence-electron chi connectivity index (χ1n) is 5.47. The highest BCUT2D eigenvalue weighted by Gasteiger charge is 2.06. The Morgan fingerprint density at radius 3 is 2.17 bits per heavy atom. The van der Waals surface area contributed by atoms with Gasteiger partial charge in [0.05, 0.1) is 4.47 Å². The molecule has 0 spiro atoms. The lowest BCUT2D eigenvalue weighted by Crippen LogP contribution is -1.91.